The van der Waals surface area contributed by atoms with Gasteiger partial charge in [0.25, 0.3) is 0 Å². The van der Waals surface area contributed by atoms with Gasteiger partial charge >= 0.3 is 0 Å². The number of pyridine rings is 1. The van der Waals surface area contributed by atoms with Crippen molar-refractivity contribution in [3.05, 3.63) is 18.3 Å². The number of carbonyl (C=O) groups is 1. The second kappa shape index (κ2) is 5.14. The SMILES string of the molecule is C[C@H]1CCCN1CC(=O)Nc1ncccc1O. The third-order valence-electron chi connectivity index (χ3n) is 3.08. The van der Waals surface area contributed by atoms with Gasteiger partial charge in [0.2, 0.25) is 5.91 Å². The lowest BCUT2D eigenvalue weighted by atomic mass is 10.2. The van der Waals surface area contributed by atoms with E-state index in [2.05, 4.69) is 22.1 Å². The maximum atomic E-state index is 11.8. The van der Waals surface area contributed by atoms with Gasteiger partial charge in [-0.25, -0.2) is 4.98 Å². The molecule has 1 saturated heterocycles. The first kappa shape index (κ1) is 11.9. The number of aromatic nitrogens is 1. The van der Waals surface area contributed by atoms with Crippen molar-refractivity contribution >= 4 is 11.7 Å². The number of hydrogen-bond acceptors (Lipinski definition) is 4. The molecule has 2 N–H and O–H groups in total. The lowest BCUT2D eigenvalue weighted by Crippen LogP contribution is -2.35. The Balaban J connectivity index is 1.91. The first-order valence-electron chi connectivity index (χ1n) is 5.84. The van der Waals surface area contributed by atoms with Gasteiger partial charge in [0.15, 0.2) is 11.6 Å². The van der Waals surface area contributed by atoms with Gasteiger partial charge in [-0.3, -0.25) is 9.69 Å². The van der Waals surface area contributed by atoms with E-state index in [9.17, 15) is 9.90 Å². The molecule has 2 heterocycles. The van der Waals surface area contributed by atoms with Gasteiger partial charge in [-0.2, -0.15) is 0 Å². The molecule has 0 unspecified atom stereocenters. The monoisotopic (exact) mass is 235 g/mol. The topological polar surface area (TPSA) is 65.5 Å². The van der Waals surface area contributed by atoms with Crippen LogP contribution in [-0.2, 0) is 4.79 Å². The Bertz CT molecular complexity index is 408. The number of nitrogens with zero attached hydrogens (tertiary/aromatic N) is 2. The Labute approximate surface area is 100 Å². The van der Waals surface area contributed by atoms with Crippen LogP contribution in [0.4, 0.5) is 5.82 Å². The van der Waals surface area contributed by atoms with Crippen molar-refractivity contribution in [1.29, 1.82) is 0 Å². The molecular weight excluding hydrogens is 218 g/mol. The fourth-order valence-corrected chi connectivity index (χ4v) is 2.08. The molecule has 1 aromatic heterocycles. The van der Waals surface area contributed by atoms with E-state index >= 15 is 0 Å². The van der Waals surface area contributed by atoms with Crippen LogP contribution in [0.2, 0.25) is 0 Å². The van der Waals surface area contributed by atoms with Crippen LogP contribution >= 0.6 is 0 Å². The van der Waals surface area contributed by atoms with Crippen molar-refractivity contribution in [1.82, 2.24) is 9.88 Å². The number of amides is 1. The number of carbonyl (C=O) groups excluding carboxylic acids is 1. The minimum absolute atomic E-state index is 0.00433. The lowest BCUT2D eigenvalue weighted by molar-refractivity contribution is -0.117. The minimum atomic E-state index is -0.132. The lowest BCUT2D eigenvalue weighted by Gasteiger charge is -2.19. The number of rotatable bonds is 3. The summed E-state index contributed by atoms with van der Waals surface area (Å²) in [5.41, 5.74) is 0. The fourth-order valence-electron chi connectivity index (χ4n) is 2.08. The summed E-state index contributed by atoms with van der Waals surface area (Å²) in [5, 5.41) is 12.1. The quantitative estimate of drug-likeness (QED) is 0.826. The zero-order valence-corrected chi connectivity index (χ0v) is 9.89. The summed E-state index contributed by atoms with van der Waals surface area (Å²) in [6.07, 6.45) is 3.82. The zero-order valence-electron chi connectivity index (χ0n) is 9.89. The van der Waals surface area contributed by atoms with Gasteiger partial charge in [-0.05, 0) is 38.4 Å². The van der Waals surface area contributed by atoms with Gasteiger partial charge < -0.3 is 10.4 Å². The smallest absolute Gasteiger partial charge is 0.239 e. The highest BCUT2D eigenvalue weighted by atomic mass is 16.3. The van der Waals surface area contributed by atoms with Gasteiger partial charge in [0, 0.05) is 12.2 Å². The molecular formula is C12H17N3O2. The van der Waals surface area contributed by atoms with Crippen LogP contribution in [0.15, 0.2) is 18.3 Å². The number of likely N-dealkylation sites (tertiary alicyclic amines) is 1. The Morgan fingerprint density at radius 1 is 1.71 bits per heavy atom. The predicted octanol–water partition coefficient (Wildman–Crippen LogP) is 1.21. The number of aromatic hydroxyl groups is 1. The van der Waals surface area contributed by atoms with E-state index in [1.165, 1.54) is 12.3 Å². The van der Waals surface area contributed by atoms with E-state index in [0.717, 1.165) is 19.4 Å². The normalized spacial score (nSPS) is 20.4. The second-order valence-electron chi connectivity index (χ2n) is 4.38. The Morgan fingerprint density at radius 2 is 2.53 bits per heavy atom. The van der Waals surface area contributed by atoms with Crippen molar-refractivity contribution in [3.63, 3.8) is 0 Å². The van der Waals surface area contributed by atoms with Crippen molar-refractivity contribution in [3.8, 4) is 5.75 Å². The molecule has 2 rings (SSSR count). The van der Waals surface area contributed by atoms with Gasteiger partial charge in [-0.15, -0.1) is 0 Å². The largest absolute Gasteiger partial charge is 0.504 e. The number of anilines is 1. The van der Waals surface area contributed by atoms with E-state index in [1.807, 2.05) is 0 Å². The Hall–Kier alpha value is -1.62. The molecule has 0 radical (unpaired) electrons. The van der Waals surface area contributed by atoms with Crippen molar-refractivity contribution in [2.45, 2.75) is 25.8 Å². The third kappa shape index (κ3) is 2.94. The molecule has 1 aliphatic rings. The third-order valence-corrected chi connectivity index (χ3v) is 3.08. The van der Waals surface area contributed by atoms with Gasteiger partial charge in [0.05, 0.1) is 6.54 Å². The van der Waals surface area contributed by atoms with Crippen LogP contribution in [0.1, 0.15) is 19.8 Å². The summed E-state index contributed by atoms with van der Waals surface area (Å²) < 4.78 is 0. The standard InChI is InChI=1S/C12H17N3O2/c1-9-4-3-7-15(9)8-11(17)14-12-10(16)5-2-6-13-12/h2,5-6,9,16H,3-4,7-8H2,1H3,(H,13,14,17)/t9-/m0/s1. The number of nitrogens with one attached hydrogen (secondary N) is 1. The van der Waals surface area contributed by atoms with E-state index in [0.29, 0.717) is 12.6 Å². The highest BCUT2D eigenvalue weighted by molar-refractivity contribution is 5.92. The summed E-state index contributed by atoms with van der Waals surface area (Å²) in [6.45, 7) is 3.44. The molecule has 1 atom stereocenters. The van der Waals surface area contributed by atoms with E-state index in [4.69, 9.17) is 0 Å². The maximum Gasteiger partial charge on any atom is 0.239 e. The molecule has 1 aromatic rings. The minimum Gasteiger partial charge on any atom is -0.504 e. The average molecular weight is 235 g/mol. The molecule has 0 aromatic carbocycles. The molecule has 0 spiro atoms. The second-order valence-corrected chi connectivity index (χ2v) is 4.38. The van der Waals surface area contributed by atoms with E-state index in [-0.39, 0.29) is 17.5 Å². The first-order valence-corrected chi connectivity index (χ1v) is 5.84. The van der Waals surface area contributed by atoms with Crippen molar-refractivity contribution in [2.75, 3.05) is 18.4 Å². The summed E-state index contributed by atoms with van der Waals surface area (Å²) >= 11 is 0. The van der Waals surface area contributed by atoms with Crippen LogP contribution < -0.4 is 5.32 Å². The first-order chi connectivity index (χ1) is 8.16. The highest BCUT2D eigenvalue weighted by Gasteiger charge is 2.22. The molecule has 1 aliphatic heterocycles. The van der Waals surface area contributed by atoms with Crippen LogP contribution in [0.3, 0.4) is 0 Å². The number of hydrogen-bond donors (Lipinski definition) is 2. The molecule has 92 valence electrons. The molecule has 17 heavy (non-hydrogen) atoms. The predicted molar refractivity (Wildman–Crippen MR) is 64.8 cm³/mol. The van der Waals surface area contributed by atoms with Crippen LogP contribution in [0, 0.1) is 0 Å². The van der Waals surface area contributed by atoms with Gasteiger partial charge in [0.1, 0.15) is 0 Å². The summed E-state index contributed by atoms with van der Waals surface area (Å²) in [4.78, 5) is 17.8. The maximum absolute atomic E-state index is 11.8. The summed E-state index contributed by atoms with van der Waals surface area (Å²) in [5.74, 6) is 0.0902. The van der Waals surface area contributed by atoms with Crippen LogP contribution in [-0.4, -0.2) is 40.0 Å². The molecule has 0 saturated carbocycles. The molecule has 1 fully saturated rings. The molecule has 0 bridgehead atoms. The molecule has 1 amide bonds. The Morgan fingerprint density at radius 3 is 3.18 bits per heavy atom. The zero-order chi connectivity index (χ0) is 12.3. The average Bonchev–Trinajstić information content (AvgIpc) is 2.68. The fraction of sp³-hybridized carbons (Fsp3) is 0.500. The van der Waals surface area contributed by atoms with Crippen LogP contribution in [0.5, 0.6) is 5.75 Å². The Kier molecular flexibility index (Phi) is 3.58. The van der Waals surface area contributed by atoms with E-state index < -0.39 is 0 Å². The van der Waals surface area contributed by atoms with Crippen molar-refractivity contribution < 1.29 is 9.90 Å². The van der Waals surface area contributed by atoms with Crippen molar-refractivity contribution in [2.24, 2.45) is 0 Å². The molecule has 5 heteroatoms. The highest BCUT2D eigenvalue weighted by Crippen LogP contribution is 2.19. The summed E-state index contributed by atoms with van der Waals surface area (Å²) in [7, 11) is 0. The summed E-state index contributed by atoms with van der Waals surface area (Å²) in [6, 6.07) is 3.58. The molecule has 0 aliphatic carbocycles. The van der Waals surface area contributed by atoms with E-state index in [1.54, 1.807) is 6.07 Å². The van der Waals surface area contributed by atoms with Gasteiger partial charge in [-0.1, -0.05) is 0 Å². The molecule has 5 nitrogen and oxygen atoms in total. The van der Waals surface area contributed by atoms with Crippen LogP contribution in [0.25, 0.3) is 0 Å².